The largest absolute Gasteiger partial charge is 0.307 e. The SMILES string of the molecule is CC=c1nc(Nc2nccs2)sc1=CC. The van der Waals surface area contributed by atoms with Gasteiger partial charge in [0, 0.05) is 11.6 Å². The molecule has 0 amide bonds. The van der Waals surface area contributed by atoms with E-state index in [0.29, 0.717) is 0 Å². The van der Waals surface area contributed by atoms with E-state index in [4.69, 9.17) is 0 Å². The highest BCUT2D eigenvalue weighted by molar-refractivity contribution is 7.15. The summed E-state index contributed by atoms with van der Waals surface area (Å²) in [5.74, 6) is 0. The smallest absolute Gasteiger partial charge is 0.190 e. The van der Waals surface area contributed by atoms with E-state index < -0.39 is 0 Å². The predicted molar refractivity (Wildman–Crippen MR) is 67.0 cm³/mol. The maximum absolute atomic E-state index is 4.46. The molecule has 0 aromatic carbocycles. The van der Waals surface area contributed by atoms with Gasteiger partial charge >= 0.3 is 0 Å². The minimum Gasteiger partial charge on any atom is -0.307 e. The molecule has 0 saturated heterocycles. The Labute approximate surface area is 95.8 Å². The van der Waals surface area contributed by atoms with Gasteiger partial charge in [-0.25, -0.2) is 9.97 Å². The van der Waals surface area contributed by atoms with Gasteiger partial charge in [0.1, 0.15) is 0 Å². The fraction of sp³-hybridized carbons (Fsp3) is 0.200. The van der Waals surface area contributed by atoms with Crippen LogP contribution in [-0.2, 0) is 0 Å². The van der Waals surface area contributed by atoms with Crippen LogP contribution in [0.2, 0.25) is 0 Å². The summed E-state index contributed by atoms with van der Waals surface area (Å²) in [4.78, 5) is 8.62. The van der Waals surface area contributed by atoms with Crippen molar-refractivity contribution in [1.29, 1.82) is 0 Å². The summed E-state index contributed by atoms with van der Waals surface area (Å²) in [6, 6.07) is 0. The van der Waals surface area contributed by atoms with Gasteiger partial charge in [-0.05, 0) is 13.8 Å². The zero-order chi connectivity index (χ0) is 10.7. The molecule has 0 unspecified atom stereocenters. The van der Waals surface area contributed by atoms with Crippen molar-refractivity contribution in [3.63, 3.8) is 0 Å². The maximum atomic E-state index is 4.46. The second kappa shape index (κ2) is 4.55. The fourth-order valence-corrected chi connectivity index (χ4v) is 2.67. The number of thiazole rings is 2. The van der Waals surface area contributed by atoms with Gasteiger partial charge in [0.15, 0.2) is 10.3 Å². The molecule has 0 atom stereocenters. The van der Waals surface area contributed by atoms with E-state index in [1.54, 1.807) is 28.9 Å². The minimum atomic E-state index is 0.883. The van der Waals surface area contributed by atoms with Gasteiger partial charge in [0.25, 0.3) is 0 Å². The number of nitrogens with zero attached hydrogens (tertiary/aromatic N) is 2. The first kappa shape index (κ1) is 10.3. The summed E-state index contributed by atoms with van der Waals surface area (Å²) in [5, 5.41) is 7.94. The molecule has 0 spiro atoms. The Bertz CT molecular complexity index is 508. The van der Waals surface area contributed by atoms with Crippen LogP contribution < -0.4 is 15.2 Å². The van der Waals surface area contributed by atoms with Crippen LogP contribution in [0.15, 0.2) is 11.6 Å². The molecule has 15 heavy (non-hydrogen) atoms. The van der Waals surface area contributed by atoms with Crippen molar-refractivity contribution >= 4 is 45.1 Å². The first-order valence-electron chi connectivity index (χ1n) is 4.59. The number of hydrogen-bond donors (Lipinski definition) is 1. The van der Waals surface area contributed by atoms with Gasteiger partial charge in [-0.15, -0.1) is 11.3 Å². The number of anilines is 2. The molecule has 2 aromatic rings. The molecule has 0 saturated carbocycles. The standard InChI is InChI=1S/C10H11N3S2/c1-3-7-8(4-2)15-10(12-7)13-9-11-5-6-14-9/h3-6H,1-2H3,(H,11,12,13). The third-order valence-electron chi connectivity index (χ3n) is 1.86. The summed E-state index contributed by atoms with van der Waals surface area (Å²) < 4.78 is 1.19. The summed E-state index contributed by atoms with van der Waals surface area (Å²) in [6.07, 6.45) is 5.86. The lowest BCUT2D eigenvalue weighted by atomic mass is 10.5. The summed E-state index contributed by atoms with van der Waals surface area (Å²) in [5.41, 5.74) is 0. The Kier molecular flexibility index (Phi) is 3.13. The Morgan fingerprint density at radius 2 is 2.13 bits per heavy atom. The Morgan fingerprint density at radius 1 is 1.27 bits per heavy atom. The van der Waals surface area contributed by atoms with Crippen molar-refractivity contribution < 1.29 is 0 Å². The number of rotatable bonds is 2. The molecule has 2 heterocycles. The summed E-state index contributed by atoms with van der Waals surface area (Å²) >= 11 is 3.21. The second-order valence-corrected chi connectivity index (χ2v) is 4.73. The van der Waals surface area contributed by atoms with Crippen LogP contribution in [0.3, 0.4) is 0 Å². The highest BCUT2D eigenvalue weighted by atomic mass is 32.1. The quantitative estimate of drug-likeness (QED) is 0.867. The number of nitrogens with one attached hydrogen (secondary N) is 1. The van der Waals surface area contributed by atoms with Gasteiger partial charge in [0.2, 0.25) is 0 Å². The zero-order valence-corrected chi connectivity index (χ0v) is 10.2. The van der Waals surface area contributed by atoms with E-state index in [9.17, 15) is 0 Å². The highest BCUT2D eigenvalue weighted by Crippen LogP contribution is 2.17. The van der Waals surface area contributed by atoms with Crippen LogP contribution in [-0.4, -0.2) is 9.97 Å². The summed E-state index contributed by atoms with van der Waals surface area (Å²) in [7, 11) is 0. The number of hydrogen-bond acceptors (Lipinski definition) is 5. The van der Waals surface area contributed by atoms with Crippen molar-refractivity contribution in [1.82, 2.24) is 9.97 Å². The average molecular weight is 237 g/mol. The Morgan fingerprint density at radius 3 is 2.67 bits per heavy atom. The molecule has 2 rings (SSSR count). The van der Waals surface area contributed by atoms with Crippen LogP contribution in [0.25, 0.3) is 12.2 Å². The lowest BCUT2D eigenvalue weighted by Crippen LogP contribution is -2.19. The van der Waals surface area contributed by atoms with E-state index in [1.807, 2.05) is 25.3 Å². The van der Waals surface area contributed by atoms with Crippen LogP contribution in [0.4, 0.5) is 10.3 Å². The molecular weight excluding hydrogens is 226 g/mol. The molecule has 0 bridgehead atoms. The number of aromatic nitrogens is 2. The first-order valence-corrected chi connectivity index (χ1v) is 6.29. The molecule has 3 nitrogen and oxygen atoms in total. The lowest BCUT2D eigenvalue weighted by molar-refractivity contribution is 1.28. The normalized spacial score (nSPS) is 13.5. The van der Waals surface area contributed by atoms with Crippen molar-refractivity contribution in [2.45, 2.75) is 13.8 Å². The monoisotopic (exact) mass is 237 g/mol. The van der Waals surface area contributed by atoms with Crippen molar-refractivity contribution in [2.24, 2.45) is 0 Å². The fourth-order valence-electron chi connectivity index (χ4n) is 1.19. The van der Waals surface area contributed by atoms with Crippen molar-refractivity contribution in [2.75, 3.05) is 5.32 Å². The average Bonchev–Trinajstić information content (AvgIpc) is 2.87. The molecule has 5 heteroatoms. The molecule has 0 radical (unpaired) electrons. The molecular formula is C10H11N3S2. The van der Waals surface area contributed by atoms with Crippen LogP contribution in [0.1, 0.15) is 13.8 Å². The second-order valence-electron chi connectivity index (χ2n) is 2.81. The van der Waals surface area contributed by atoms with E-state index in [-0.39, 0.29) is 0 Å². The minimum absolute atomic E-state index is 0.883. The van der Waals surface area contributed by atoms with E-state index in [1.165, 1.54) is 4.53 Å². The lowest BCUT2D eigenvalue weighted by Gasteiger charge is -1.93. The Hall–Kier alpha value is -1.20. The molecule has 0 fully saturated rings. The van der Waals surface area contributed by atoms with Crippen LogP contribution >= 0.6 is 22.7 Å². The molecule has 0 aliphatic heterocycles. The topological polar surface area (TPSA) is 37.8 Å². The summed E-state index contributed by atoms with van der Waals surface area (Å²) in [6.45, 7) is 4.02. The van der Waals surface area contributed by atoms with Crippen LogP contribution in [0.5, 0.6) is 0 Å². The van der Waals surface area contributed by atoms with Crippen LogP contribution in [0, 0.1) is 0 Å². The maximum Gasteiger partial charge on any atom is 0.190 e. The van der Waals surface area contributed by atoms with Gasteiger partial charge in [0.05, 0.1) is 9.88 Å². The van der Waals surface area contributed by atoms with E-state index in [0.717, 1.165) is 15.6 Å². The van der Waals surface area contributed by atoms with Gasteiger partial charge in [-0.3, -0.25) is 0 Å². The Balaban J connectivity index is 2.36. The molecule has 1 N–H and O–H groups in total. The van der Waals surface area contributed by atoms with Gasteiger partial charge in [-0.2, -0.15) is 0 Å². The molecule has 78 valence electrons. The predicted octanol–water partition coefficient (Wildman–Crippen LogP) is 1.94. The third kappa shape index (κ3) is 2.24. The van der Waals surface area contributed by atoms with Gasteiger partial charge in [-0.1, -0.05) is 23.5 Å². The highest BCUT2D eigenvalue weighted by Gasteiger charge is 2.00. The van der Waals surface area contributed by atoms with E-state index >= 15 is 0 Å². The molecule has 2 aromatic heterocycles. The van der Waals surface area contributed by atoms with E-state index in [2.05, 4.69) is 21.4 Å². The third-order valence-corrected chi connectivity index (χ3v) is 3.60. The van der Waals surface area contributed by atoms with Gasteiger partial charge < -0.3 is 5.32 Å². The zero-order valence-electron chi connectivity index (χ0n) is 8.52. The van der Waals surface area contributed by atoms with Crippen molar-refractivity contribution in [3.8, 4) is 0 Å². The molecule has 0 aliphatic rings. The van der Waals surface area contributed by atoms with Crippen molar-refractivity contribution in [3.05, 3.63) is 21.5 Å². The first-order chi connectivity index (χ1) is 7.33. The molecule has 0 aliphatic carbocycles.